The Balaban J connectivity index is 1.89. The third-order valence-corrected chi connectivity index (χ3v) is 2.65. The minimum Gasteiger partial charge on any atom is -0.303 e. The maximum absolute atomic E-state index is 5.39. The third kappa shape index (κ3) is 0.992. The monoisotopic (exact) mass is 172 g/mol. The summed E-state index contributed by atoms with van der Waals surface area (Å²) in [7, 11) is 0. The summed E-state index contributed by atoms with van der Waals surface area (Å²) in [5, 5.41) is 0. The van der Waals surface area contributed by atoms with Crippen LogP contribution in [-0.4, -0.2) is 32.6 Å². The first-order valence-corrected chi connectivity index (χ1v) is 4.42. The molecule has 1 spiro atoms. The Morgan fingerprint density at radius 1 is 0.750 bits per heavy atom. The van der Waals surface area contributed by atoms with Gasteiger partial charge in [-0.2, -0.15) is 0 Å². The first-order chi connectivity index (χ1) is 5.86. The van der Waals surface area contributed by atoms with E-state index in [2.05, 4.69) is 0 Å². The molecule has 0 atom stereocenters. The summed E-state index contributed by atoms with van der Waals surface area (Å²) >= 11 is 0. The lowest BCUT2D eigenvalue weighted by atomic mass is 9.95. The number of hydrogen-bond donors (Lipinski definition) is 0. The zero-order valence-electron chi connectivity index (χ0n) is 6.82. The predicted octanol–water partition coefficient (Wildman–Crippen LogP) is 0.327. The summed E-state index contributed by atoms with van der Waals surface area (Å²) < 4.78 is 21.6. The molecule has 0 amide bonds. The molecule has 4 nitrogen and oxygen atoms in total. The Kier molecular flexibility index (Phi) is 1.46. The molecule has 12 heavy (non-hydrogen) atoms. The first-order valence-electron chi connectivity index (χ1n) is 4.42. The van der Waals surface area contributed by atoms with Crippen molar-refractivity contribution in [2.24, 2.45) is 11.8 Å². The lowest BCUT2D eigenvalue weighted by molar-refractivity contribution is -0.544. The third-order valence-electron chi connectivity index (χ3n) is 2.65. The second-order valence-corrected chi connectivity index (χ2v) is 3.71. The molecule has 6 aliphatic heterocycles. The maximum Gasteiger partial charge on any atom is 0.412 e. The molecule has 68 valence electrons. The fourth-order valence-corrected chi connectivity index (χ4v) is 1.97. The molecule has 0 aromatic carbocycles. The minimum atomic E-state index is -1.13. The molecule has 6 rings (SSSR count). The Bertz CT molecular complexity index is 154. The van der Waals surface area contributed by atoms with Gasteiger partial charge in [-0.3, -0.25) is 0 Å². The summed E-state index contributed by atoms with van der Waals surface area (Å²) in [4.78, 5) is 0. The van der Waals surface area contributed by atoms with Crippen LogP contribution in [-0.2, 0) is 18.9 Å². The van der Waals surface area contributed by atoms with Crippen LogP contribution in [0.3, 0.4) is 0 Å². The highest BCUT2D eigenvalue weighted by atomic mass is 17.0. The van der Waals surface area contributed by atoms with Crippen molar-refractivity contribution in [2.75, 3.05) is 26.4 Å². The van der Waals surface area contributed by atoms with Gasteiger partial charge in [0.25, 0.3) is 0 Å². The van der Waals surface area contributed by atoms with Crippen LogP contribution >= 0.6 is 0 Å². The van der Waals surface area contributed by atoms with Gasteiger partial charge in [-0.15, -0.1) is 0 Å². The summed E-state index contributed by atoms with van der Waals surface area (Å²) in [5.41, 5.74) is 0. The molecule has 0 radical (unpaired) electrons. The van der Waals surface area contributed by atoms with Crippen molar-refractivity contribution < 1.29 is 18.9 Å². The molecule has 0 aliphatic carbocycles. The zero-order chi connectivity index (χ0) is 8.02. The van der Waals surface area contributed by atoms with Crippen LogP contribution in [0.1, 0.15) is 6.42 Å². The number of hydrogen-bond acceptors (Lipinski definition) is 4. The molecular formula is C8H12O4. The van der Waals surface area contributed by atoms with Crippen molar-refractivity contribution in [3.05, 3.63) is 0 Å². The van der Waals surface area contributed by atoms with Crippen LogP contribution in [0.5, 0.6) is 0 Å². The molecule has 0 aromatic rings. The molecule has 0 aromatic heterocycles. The van der Waals surface area contributed by atoms with Gasteiger partial charge < -0.3 is 18.9 Å². The minimum absolute atomic E-state index is 0.538. The molecule has 6 fully saturated rings. The molecule has 3 bridgehead atoms. The molecule has 0 N–H and O–H groups in total. The van der Waals surface area contributed by atoms with Crippen LogP contribution in [0.4, 0.5) is 0 Å². The predicted molar refractivity (Wildman–Crippen MR) is 38.1 cm³/mol. The van der Waals surface area contributed by atoms with Gasteiger partial charge in [-0.25, -0.2) is 0 Å². The first kappa shape index (κ1) is 7.26. The van der Waals surface area contributed by atoms with Crippen LogP contribution in [0.2, 0.25) is 0 Å². The van der Waals surface area contributed by atoms with E-state index in [4.69, 9.17) is 18.9 Å². The van der Waals surface area contributed by atoms with Crippen molar-refractivity contribution in [2.45, 2.75) is 12.6 Å². The van der Waals surface area contributed by atoms with E-state index in [1.165, 1.54) is 0 Å². The highest BCUT2D eigenvalue weighted by Gasteiger charge is 2.48. The Morgan fingerprint density at radius 3 is 1.58 bits per heavy atom. The van der Waals surface area contributed by atoms with Gasteiger partial charge in [-0.1, -0.05) is 0 Å². The van der Waals surface area contributed by atoms with E-state index in [9.17, 15) is 0 Å². The highest BCUT2D eigenvalue weighted by Crippen LogP contribution is 2.36. The molecule has 0 unspecified atom stereocenters. The average Bonchev–Trinajstić information content (AvgIpc) is 2.02. The van der Waals surface area contributed by atoms with Crippen LogP contribution in [0.25, 0.3) is 0 Å². The van der Waals surface area contributed by atoms with E-state index in [0.29, 0.717) is 38.3 Å². The fourth-order valence-electron chi connectivity index (χ4n) is 1.97. The Labute approximate surface area is 70.7 Å². The number of rotatable bonds is 0. The highest BCUT2D eigenvalue weighted by molar-refractivity contribution is 4.76. The summed E-state index contributed by atoms with van der Waals surface area (Å²) in [6.07, 6.45) is -0.0382. The normalized spacial score (nSPS) is 52.0. The van der Waals surface area contributed by atoms with Crippen molar-refractivity contribution in [1.29, 1.82) is 0 Å². The van der Waals surface area contributed by atoms with Gasteiger partial charge in [0.2, 0.25) is 0 Å². The lowest BCUT2D eigenvalue weighted by Gasteiger charge is -2.46. The molecule has 6 saturated heterocycles. The van der Waals surface area contributed by atoms with Crippen molar-refractivity contribution in [3.63, 3.8) is 0 Å². The van der Waals surface area contributed by atoms with Crippen LogP contribution in [0.15, 0.2) is 0 Å². The molecule has 6 heterocycles. The number of ether oxygens (including phenoxy) is 4. The summed E-state index contributed by atoms with van der Waals surface area (Å²) in [6, 6.07) is 0. The fraction of sp³-hybridized carbons (Fsp3) is 1.00. The summed E-state index contributed by atoms with van der Waals surface area (Å²) in [6.45, 7) is 2.82. The SMILES string of the molecule is C1OC23OCC1CC(CO2)CO3. The second-order valence-electron chi connectivity index (χ2n) is 3.71. The quantitative estimate of drug-likeness (QED) is 0.527. The molecule has 4 heteroatoms. The van der Waals surface area contributed by atoms with Gasteiger partial charge in [0.05, 0.1) is 26.4 Å². The molecule has 6 aliphatic rings. The van der Waals surface area contributed by atoms with Crippen molar-refractivity contribution >= 4 is 0 Å². The average molecular weight is 172 g/mol. The largest absolute Gasteiger partial charge is 0.412 e. The molecule has 0 saturated carbocycles. The topological polar surface area (TPSA) is 36.9 Å². The van der Waals surface area contributed by atoms with Gasteiger partial charge in [0.1, 0.15) is 0 Å². The second kappa shape index (κ2) is 2.42. The van der Waals surface area contributed by atoms with Gasteiger partial charge in [0, 0.05) is 11.8 Å². The molecular weight excluding hydrogens is 160 g/mol. The smallest absolute Gasteiger partial charge is 0.303 e. The standard InChI is InChI=1S/C8H12O4/c1-6-2-9-8(10-3-6)11-4-7(1)5-12-8/h6-7H,1-5H2. The van der Waals surface area contributed by atoms with Gasteiger partial charge in [0.15, 0.2) is 0 Å². The Morgan fingerprint density at radius 2 is 1.17 bits per heavy atom. The summed E-state index contributed by atoms with van der Waals surface area (Å²) in [5.74, 6) is 1.08. The van der Waals surface area contributed by atoms with E-state index in [0.717, 1.165) is 6.42 Å². The maximum atomic E-state index is 5.39. The van der Waals surface area contributed by atoms with Crippen molar-refractivity contribution in [1.82, 2.24) is 0 Å². The Hall–Kier alpha value is -0.160. The van der Waals surface area contributed by atoms with E-state index in [-0.39, 0.29) is 0 Å². The zero-order valence-corrected chi connectivity index (χ0v) is 6.82. The van der Waals surface area contributed by atoms with E-state index in [1.54, 1.807) is 0 Å². The van der Waals surface area contributed by atoms with E-state index >= 15 is 0 Å². The van der Waals surface area contributed by atoms with Gasteiger partial charge >= 0.3 is 6.16 Å². The van der Waals surface area contributed by atoms with E-state index in [1.807, 2.05) is 0 Å². The van der Waals surface area contributed by atoms with Crippen molar-refractivity contribution in [3.8, 4) is 0 Å². The van der Waals surface area contributed by atoms with E-state index < -0.39 is 6.16 Å². The van der Waals surface area contributed by atoms with Crippen LogP contribution < -0.4 is 0 Å². The van der Waals surface area contributed by atoms with Crippen LogP contribution in [0, 0.1) is 11.8 Å². The lowest BCUT2D eigenvalue weighted by Crippen LogP contribution is -2.56. The van der Waals surface area contributed by atoms with Gasteiger partial charge in [-0.05, 0) is 6.42 Å².